The van der Waals surface area contributed by atoms with Crippen molar-refractivity contribution < 1.29 is 10.4 Å². The number of benzene rings is 1. The van der Waals surface area contributed by atoms with Crippen molar-refractivity contribution in [2.24, 2.45) is 5.90 Å². The third kappa shape index (κ3) is 4.46. The molecule has 4 nitrogen and oxygen atoms in total. The Labute approximate surface area is 65.2 Å². The van der Waals surface area contributed by atoms with Crippen LogP contribution in [-0.4, -0.2) is 10.4 Å². The van der Waals surface area contributed by atoms with E-state index in [1.807, 2.05) is 30.3 Å². The van der Waals surface area contributed by atoms with Crippen LogP contribution >= 0.6 is 0 Å². The molecule has 0 aromatic heterocycles. The minimum absolute atomic E-state index is 0.515. The van der Waals surface area contributed by atoms with Gasteiger partial charge in [0.1, 0.15) is 0 Å². The van der Waals surface area contributed by atoms with Gasteiger partial charge in [-0.15, -0.1) is 0 Å². The lowest BCUT2D eigenvalue weighted by atomic mass is 10.2. The van der Waals surface area contributed by atoms with E-state index in [1.165, 1.54) is 0 Å². The Morgan fingerprint density at radius 3 is 2.18 bits per heavy atom. The van der Waals surface area contributed by atoms with Gasteiger partial charge in [-0.1, -0.05) is 30.3 Å². The molecule has 0 fully saturated rings. The second kappa shape index (κ2) is 7.17. The van der Waals surface area contributed by atoms with E-state index in [0.717, 1.165) is 5.56 Å². The van der Waals surface area contributed by atoms with Gasteiger partial charge in [0.2, 0.25) is 0 Å². The van der Waals surface area contributed by atoms with Crippen molar-refractivity contribution >= 4 is 0 Å². The standard InChI is InChI=1S/C7H9NO.H3NO/c9-8-6-7-4-2-1-3-5-7;1-2/h1-5,8-9H,6H2;2H,1H2. The Kier molecular flexibility index (Phi) is 6.56. The lowest BCUT2D eigenvalue weighted by molar-refractivity contribution is 0.161. The van der Waals surface area contributed by atoms with Crippen LogP contribution in [-0.2, 0) is 6.54 Å². The van der Waals surface area contributed by atoms with Crippen molar-refractivity contribution in [3.8, 4) is 0 Å². The fraction of sp³-hybridized carbons (Fsp3) is 0.143. The molecule has 1 rings (SSSR count). The molecule has 1 aromatic rings. The van der Waals surface area contributed by atoms with E-state index < -0.39 is 0 Å². The summed E-state index contributed by atoms with van der Waals surface area (Å²) in [5, 5.41) is 14.8. The molecule has 0 saturated carbocycles. The van der Waals surface area contributed by atoms with Crippen LogP contribution in [0.25, 0.3) is 0 Å². The molecule has 0 amide bonds. The summed E-state index contributed by atoms with van der Waals surface area (Å²) in [5.41, 5.74) is 3.17. The molecular weight excluding hydrogens is 144 g/mol. The normalized spacial score (nSPS) is 8.27. The predicted octanol–water partition coefficient (Wildman–Crippen LogP) is 0.500. The number of rotatable bonds is 2. The summed E-state index contributed by atoms with van der Waals surface area (Å²) in [5.74, 6) is 3.50. The van der Waals surface area contributed by atoms with E-state index in [1.54, 1.807) is 0 Å². The number of hydrogen-bond donors (Lipinski definition) is 4. The monoisotopic (exact) mass is 156 g/mol. The van der Waals surface area contributed by atoms with Crippen LogP contribution in [0.5, 0.6) is 0 Å². The number of nitrogens with one attached hydrogen (secondary N) is 1. The smallest absolute Gasteiger partial charge is 0.0458 e. The molecule has 0 aliphatic heterocycles. The van der Waals surface area contributed by atoms with E-state index in [2.05, 4.69) is 11.4 Å². The van der Waals surface area contributed by atoms with Crippen molar-refractivity contribution in [1.82, 2.24) is 5.48 Å². The van der Waals surface area contributed by atoms with E-state index in [-0.39, 0.29) is 0 Å². The van der Waals surface area contributed by atoms with E-state index >= 15 is 0 Å². The van der Waals surface area contributed by atoms with Crippen LogP contribution in [0.1, 0.15) is 5.56 Å². The quantitative estimate of drug-likeness (QED) is 0.470. The highest BCUT2D eigenvalue weighted by atomic mass is 16.5. The fourth-order valence-electron chi connectivity index (χ4n) is 0.687. The number of nitrogens with two attached hydrogens (primary N) is 1. The second-order valence-electron chi connectivity index (χ2n) is 1.82. The molecule has 62 valence electrons. The van der Waals surface area contributed by atoms with Gasteiger partial charge in [-0.05, 0) is 5.56 Å². The second-order valence-corrected chi connectivity index (χ2v) is 1.82. The molecule has 0 saturated heterocycles. The predicted molar refractivity (Wildman–Crippen MR) is 41.0 cm³/mol. The minimum Gasteiger partial charge on any atom is -0.320 e. The van der Waals surface area contributed by atoms with Gasteiger partial charge in [-0.25, -0.2) is 11.4 Å². The first-order chi connectivity index (χ1) is 5.43. The Balaban J connectivity index is 0.000000461. The molecule has 0 atom stereocenters. The molecule has 0 unspecified atom stereocenters. The lowest BCUT2D eigenvalue weighted by Crippen LogP contribution is -2.05. The SMILES string of the molecule is NO.ONCc1ccccc1. The van der Waals surface area contributed by atoms with E-state index in [9.17, 15) is 0 Å². The number of hydroxylamine groups is 1. The summed E-state index contributed by atoms with van der Waals surface area (Å²) in [6, 6.07) is 9.71. The summed E-state index contributed by atoms with van der Waals surface area (Å²) in [4.78, 5) is 0. The molecule has 0 bridgehead atoms. The summed E-state index contributed by atoms with van der Waals surface area (Å²) in [7, 11) is 0. The molecule has 0 aliphatic rings. The third-order valence-electron chi connectivity index (χ3n) is 1.13. The van der Waals surface area contributed by atoms with Crippen molar-refractivity contribution in [3.05, 3.63) is 35.9 Å². The topological polar surface area (TPSA) is 78.5 Å². The zero-order valence-electron chi connectivity index (χ0n) is 6.07. The minimum atomic E-state index is 0.515. The molecule has 5 N–H and O–H groups in total. The van der Waals surface area contributed by atoms with Gasteiger partial charge in [0.25, 0.3) is 0 Å². The Bertz CT molecular complexity index is 167. The zero-order chi connectivity index (χ0) is 8.53. The van der Waals surface area contributed by atoms with Gasteiger partial charge in [0, 0.05) is 6.54 Å². The average molecular weight is 156 g/mol. The van der Waals surface area contributed by atoms with Crippen LogP contribution in [0.4, 0.5) is 0 Å². The van der Waals surface area contributed by atoms with Gasteiger partial charge in [0.05, 0.1) is 0 Å². The largest absolute Gasteiger partial charge is 0.320 e. The van der Waals surface area contributed by atoms with Crippen molar-refractivity contribution in [2.45, 2.75) is 6.54 Å². The molecule has 0 radical (unpaired) electrons. The first kappa shape index (κ1) is 10.1. The maximum absolute atomic E-state index is 8.27. The summed E-state index contributed by atoms with van der Waals surface area (Å²) < 4.78 is 0. The fourth-order valence-corrected chi connectivity index (χ4v) is 0.687. The van der Waals surface area contributed by atoms with Crippen LogP contribution in [0.2, 0.25) is 0 Å². The first-order valence-electron chi connectivity index (χ1n) is 3.10. The highest BCUT2D eigenvalue weighted by Crippen LogP contribution is 1.95. The van der Waals surface area contributed by atoms with Crippen molar-refractivity contribution in [3.63, 3.8) is 0 Å². The molecule has 0 aliphatic carbocycles. The maximum Gasteiger partial charge on any atom is 0.0458 e. The van der Waals surface area contributed by atoms with E-state index in [4.69, 9.17) is 10.4 Å². The first-order valence-corrected chi connectivity index (χ1v) is 3.10. The lowest BCUT2D eigenvalue weighted by Gasteiger charge is -1.94. The van der Waals surface area contributed by atoms with Crippen molar-refractivity contribution in [2.75, 3.05) is 0 Å². The van der Waals surface area contributed by atoms with Crippen LogP contribution < -0.4 is 11.4 Å². The number of hydrogen-bond acceptors (Lipinski definition) is 4. The summed E-state index contributed by atoms with van der Waals surface area (Å²) >= 11 is 0. The Morgan fingerprint density at radius 2 is 1.73 bits per heavy atom. The van der Waals surface area contributed by atoms with Gasteiger partial charge >= 0.3 is 0 Å². The Hall–Kier alpha value is -0.940. The molecule has 0 heterocycles. The van der Waals surface area contributed by atoms with Crippen molar-refractivity contribution in [1.29, 1.82) is 0 Å². The summed E-state index contributed by atoms with van der Waals surface area (Å²) in [6.07, 6.45) is 0. The van der Waals surface area contributed by atoms with Gasteiger partial charge in [0.15, 0.2) is 0 Å². The highest BCUT2D eigenvalue weighted by molar-refractivity contribution is 5.13. The molecule has 11 heavy (non-hydrogen) atoms. The van der Waals surface area contributed by atoms with Gasteiger partial charge in [-0.3, -0.25) is 0 Å². The molecule has 0 spiro atoms. The van der Waals surface area contributed by atoms with Crippen LogP contribution in [0.15, 0.2) is 30.3 Å². The summed E-state index contributed by atoms with van der Waals surface area (Å²) in [6.45, 7) is 0.515. The van der Waals surface area contributed by atoms with Gasteiger partial charge in [-0.2, -0.15) is 0 Å². The zero-order valence-corrected chi connectivity index (χ0v) is 6.07. The van der Waals surface area contributed by atoms with E-state index in [0.29, 0.717) is 6.54 Å². The maximum atomic E-state index is 8.27. The molecule has 4 heteroatoms. The molecule has 1 aromatic carbocycles. The van der Waals surface area contributed by atoms with Crippen LogP contribution in [0, 0.1) is 0 Å². The van der Waals surface area contributed by atoms with Crippen LogP contribution in [0.3, 0.4) is 0 Å². The average Bonchev–Trinajstić information content (AvgIpc) is 2.11. The highest BCUT2D eigenvalue weighted by Gasteiger charge is 1.84. The van der Waals surface area contributed by atoms with Gasteiger partial charge < -0.3 is 10.4 Å². The third-order valence-corrected chi connectivity index (χ3v) is 1.13. The Morgan fingerprint density at radius 1 is 1.18 bits per heavy atom. The molecular formula is C7H12N2O2.